The normalized spacial score (nSPS) is 11.1. The van der Waals surface area contributed by atoms with E-state index in [9.17, 15) is 4.79 Å². The lowest BCUT2D eigenvalue weighted by Gasteiger charge is -1.93. The van der Waals surface area contributed by atoms with Gasteiger partial charge in [-0.3, -0.25) is 5.10 Å². The lowest BCUT2D eigenvalue weighted by Crippen LogP contribution is -1.98. The maximum absolute atomic E-state index is 11.1. The van der Waals surface area contributed by atoms with Crippen LogP contribution in [0.3, 0.4) is 0 Å². The molecule has 0 saturated heterocycles. The molecule has 1 aromatic heterocycles. The van der Waals surface area contributed by atoms with Gasteiger partial charge in [0.25, 0.3) is 0 Å². The first-order valence-electron chi connectivity index (χ1n) is 5.09. The van der Waals surface area contributed by atoms with Gasteiger partial charge in [-0.1, -0.05) is 18.2 Å². The molecule has 2 aromatic rings. The summed E-state index contributed by atoms with van der Waals surface area (Å²) in [5.41, 5.74) is 1.69. The monoisotopic (exact) mass is 216 g/mol. The Morgan fingerprint density at radius 1 is 1.50 bits per heavy atom. The Kier molecular flexibility index (Phi) is 3.00. The summed E-state index contributed by atoms with van der Waals surface area (Å²) >= 11 is 0. The molecule has 1 N–H and O–H groups in total. The second-order valence-electron chi connectivity index (χ2n) is 3.24. The van der Waals surface area contributed by atoms with Crippen molar-refractivity contribution in [2.45, 2.75) is 6.92 Å². The van der Waals surface area contributed by atoms with E-state index in [0.29, 0.717) is 6.61 Å². The van der Waals surface area contributed by atoms with Gasteiger partial charge in [0.2, 0.25) is 0 Å². The van der Waals surface area contributed by atoms with Crippen LogP contribution in [0.4, 0.5) is 0 Å². The minimum Gasteiger partial charge on any atom is -0.463 e. The molecule has 4 heteroatoms. The number of H-pyrrole nitrogens is 1. The number of aromatic nitrogens is 2. The van der Waals surface area contributed by atoms with Crippen molar-refractivity contribution >= 4 is 22.9 Å². The van der Waals surface area contributed by atoms with Crippen molar-refractivity contribution in [3.8, 4) is 0 Å². The van der Waals surface area contributed by atoms with Crippen molar-refractivity contribution in [1.82, 2.24) is 10.2 Å². The van der Waals surface area contributed by atoms with Crippen molar-refractivity contribution in [2.24, 2.45) is 0 Å². The molecule has 2 rings (SSSR count). The SMILES string of the molecule is CCOC(=O)/C=C/c1n[nH]c2ccccc12. The predicted octanol–water partition coefficient (Wildman–Crippen LogP) is 2.14. The molecule has 0 aliphatic rings. The van der Waals surface area contributed by atoms with Crippen LogP contribution in [0.25, 0.3) is 17.0 Å². The molecule has 0 unspecified atom stereocenters. The summed E-state index contributed by atoms with van der Waals surface area (Å²) in [5.74, 6) is -0.352. The van der Waals surface area contributed by atoms with Crippen LogP contribution in [-0.4, -0.2) is 22.8 Å². The van der Waals surface area contributed by atoms with E-state index in [0.717, 1.165) is 16.6 Å². The first-order valence-corrected chi connectivity index (χ1v) is 5.09. The maximum atomic E-state index is 11.1. The van der Waals surface area contributed by atoms with E-state index in [1.807, 2.05) is 24.3 Å². The van der Waals surface area contributed by atoms with Gasteiger partial charge in [0.15, 0.2) is 0 Å². The average Bonchev–Trinajstić information content (AvgIpc) is 2.70. The van der Waals surface area contributed by atoms with Crippen molar-refractivity contribution < 1.29 is 9.53 Å². The number of nitrogens with one attached hydrogen (secondary N) is 1. The van der Waals surface area contributed by atoms with Gasteiger partial charge in [0.05, 0.1) is 17.8 Å². The number of nitrogens with zero attached hydrogens (tertiary/aromatic N) is 1. The second kappa shape index (κ2) is 4.61. The number of hydrogen-bond donors (Lipinski definition) is 1. The van der Waals surface area contributed by atoms with Crippen LogP contribution in [0, 0.1) is 0 Å². The lowest BCUT2D eigenvalue weighted by atomic mass is 10.2. The summed E-state index contributed by atoms with van der Waals surface area (Å²) in [4.78, 5) is 11.1. The lowest BCUT2D eigenvalue weighted by molar-refractivity contribution is -0.137. The van der Waals surface area contributed by atoms with Crippen LogP contribution in [0.2, 0.25) is 0 Å². The van der Waals surface area contributed by atoms with Gasteiger partial charge in [0.1, 0.15) is 0 Å². The summed E-state index contributed by atoms with van der Waals surface area (Å²) in [6.45, 7) is 2.15. The highest BCUT2D eigenvalue weighted by Gasteiger charge is 2.01. The second-order valence-corrected chi connectivity index (χ2v) is 3.24. The molecule has 0 aliphatic carbocycles. The molecule has 1 heterocycles. The Morgan fingerprint density at radius 3 is 3.12 bits per heavy atom. The number of benzene rings is 1. The van der Waals surface area contributed by atoms with E-state index in [1.54, 1.807) is 13.0 Å². The molecule has 0 amide bonds. The number of carbonyl (C=O) groups excluding carboxylic acids is 1. The fourth-order valence-corrected chi connectivity index (χ4v) is 1.45. The maximum Gasteiger partial charge on any atom is 0.330 e. The Hall–Kier alpha value is -2.10. The third-order valence-electron chi connectivity index (χ3n) is 2.16. The molecule has 0 aliphatic heterocycles. The van der Waals surface area contributed by atoms with Gasteiger partial charge in [-0.25, -0.2) is 4.79 Å². The molecule has 0 spiro atoms. The highest BCUT2D eigenvalue weighted by atomic mass is 16.5. The van der Waals surface area contributed by atoms with Gasteiger partial charge < -0.3 is 4.74 Å². The quantitative estimate of drug-likeness (QED) is 0.631. The van der Waals surface area contributed by atoms with E-state index < -0.39 is 0 Å². The first kappa shape index (κ1) is 10.4. The van der Waals surface area contributed by atoms with Crippen LogP contribution in [-0.2, 0) is 9.53 Å². The van der Waals surface area contributed by atoms with Crippen molar-refractivity contribution in [1.29, 1.82) is 0 Å². The molecular formula is C12H12N2O2. The minimum atomic E-state index is -0.352. The number of esters is 1. The fraction of sp³-hybridized carbons (Fsp3) is 0.167. The molecule has 82 valence electrons. The summed E-state index contributed by atoms with van der Waals surface area (Å²) in [6.07, 6.45) is 3.03. The third kappa shape index (κ3) is 2.11. The number of aromatic amines is 1. The van der Waals surface area contributed by atoms with Crippen molar-refractivity contribution in [3.05, 3.63) is 36.0 Å². The fourth-order valence-electron chi connectivity index (χ4n) is 1.45. The van der Waals surface area contributed by atoms with E-state index in [4.69, 9.17) is 4.74 Å². The standard InChI is InChI=1S/C12H12N2O2/c1-2-16-12(15)8-7-11-9-5-3-4-6-10(9)13-14-11/h3-8H,2H2,1H3,(H,13,14)/b8-7+. The number of carbonyl (C=O) groups is 1. The van der Waals surface area contributed by atoms with E-state index in [1.165, 1.54) is 6.08 Å². The largest absolute Gasteiger partial charge is 0.463 e. The summed E-state index contributed by atoms with van der Waals surface area (Å²) < 4.78 is 4.79. The molecule has 4 nitrogen and oxygen atoms in total. The zero-order valence-corrected chi connectivity index (χ0v) is 8.93. The Balaban J connectivity index is 2.24. The zero-order valence-electron chi connectivity index (χ0n) is 8.93. The number of rotatable bonds is 3. The smallest absolute Gasteiger partial charge is 0.330 e. The molecular weight excluding hydrogens is 204 g/mol. The minimum absolute atomic E-state index is 0.352. The summed E-state index contributed by atoms with van der Waals surface area (Å²) in [6, 6.07) is 7.74. The Morgan fingerprint density at radius 2 is 2.31 bits per heavy atom. The Labute approximate surface area is 92.9 Å². The Bertz CT molecular complexity index is 529. The predicted molar refractivity (Wildman–Crippen MR) is 61.8 cm³/mol. The molecule has 0 bridgehead atoms. The van der Waals surface area contributed by atoms with Crippen molar-refractivity contribution in [3.63, 3.8) is 0 Å². The topological polar surface area (TPSA) is 55.0 Å². The van der Waals surface area contributed by atoms with Crippen LogP contribution in [0.15, 0.2) is 30.3 Å². The third-order valence-corrected chi connectivity index (χ3v) is 2.16. The highest BCUT2D eigenvalue weighted by molar-refractivity contribution is 5.92. The van der Waals surface area contributed by atoms with E-state index >= 15 is 0 Å². The number of hydrogen-bond acceptors (Lipinski definition) is 3. The van der Waals surface area contributed by atoms with Crippen LogP contribution in [0.5, 0.6) is 0 Å². The molecule has 0 atom stereocenters. The van der Waals surface area contributed by atoms with Crippen LogP contribution < -0.4 is 0 Å². The summed E-state index contributed by atoms with van der Waals surface area (Å²) in [7, 11) is 0. The van der Waals surface area contributed by atoms with Gasteiger partial charge in [0, 0.05) is 11.5 Å². The van der Waals surface area contributed by atoms with Crippen LogP contribution in [0.1, 0.15) is 12.6 Å². The van der Waals surface area contributed by atoms with E-state index in [2.05, 4.69) is 10.2 Å². The number of fused-ring (bicyclic) bond motifs is 1. The number of para-hydroxylation sites is 1. The molecule has 0 radical (unpaired) electrons. The van der Waals surface area contributed by atoms with Crippen LogP contribution >= 0.6 is 0 Å². The number of ether oxygens (including phenoxy) is 1. The van der Waals surface area contributed by atoms with Gasteiger partial charge >= 0.3 is 5.97 Å². The molecule has 0 fully saturated rings. The van der Waals surface area contributed by atoms with Gasteiger partial charge in [-0.2, -0.15) is 5.10 Å². The molecule has 1 aromatic carbocycles. The molecule has 16 heavy (non-hydrogen) atoms. The van der Waals surface area contributed by atoms with Gasteiger partial charge in [-0.15, -0.1) is 0 Å². The zero-order chi connectivity index (χ0) is 11.4. The first-order chi connectivity index (χ1) is 7.81. The van der Waals surface area contributed by atoms with Crippen molar-refractivity contribution in [2.75, 3.05) is 6.61 Å². The summed E-state index contributed by atoms with van der Waals surface area (Å²) in [5, 5.41) is 7.99. The van der Waals surface area contributed by atoms with Gasteiger partial charge in [-0.05, 0) is 19.1 Å². The molecule has 0 saturated carbocycles. The van der Waals surface area contributed by atoms with E-state index in [-0.39, 0.29) is 5.97 Å². The average molecular weight is 216 g/mol. The highest BCUT2D eigenvalue weighted by Crippen LogP contribution is 2.15.